The van der Waals surface area contributed by atoms with Gasteiger partial charge in [0.1, 0.15) is 5.75 Å². The molecule has 28 heavy (non-hydrogen) atoms. The molecule has 4 nitrogen and oxygen atoms in total. The zero-order valence-electron chi connectivity index (χ0n) is 15.0. The fraction of sp³-hybridized carbons (Fsp3) is 0.0909. The van der Waals surface area contributed by atoms with Crippen molar-refractivity contribution in [3.8, 4) is 11.5 Å². The van der Waals surface area contributed by atoms with Crippen molar-refractivity contribution in [1.82, 2.24) is 10.3 Å². The number of halogens is 1. The molecule has 1 aromatic heterocycles. The fourth-order valence-corrected chi connectivity index (χ4v) is 3.12. The monoisotopic (exact) mass is 394 g/mol. The highest BCUT2D eigenvalue weighted by Gasteiger charge is 2.05. The number of rotatable bonds is 8. The van der Waals surface area contributed by atoms with Crippen LogP contribution in [0, 0.1) is 5.82 Å². The SMILES string of the molecule is O=C(/C=C/c1ccc(Oc2cccnc2)c(F)c1)NCCSc1ccccc1. The number of aromatic nitrogens is 1. The van der Waals surface area contributed by atoms with Crippen molar-refractivity contribution < 1.29 is 13.9 Å². The third kappa shape index (κ3) is 6.25. The number of hydrogen-bond acceptors (Lipinski definition) is 4. The van der Waals surface area contributed by atoms with Crippen molar-refractivity contribution in [2.75, 3.05) is 12.3 Å². The molecule has 0 saturated carbocycles. The van der Waals surface area contributed by atoms with Gasteiger partial charge in [-0.2, -0.15) is 0 Å². The van der Waals surface area contributed by atoms with E-state index in [4.69, 9.17) is 4.74 Å². The van der Waals surface area contributed by atoms with E-state index >= 15 is 0 Å². The van der Waals surface area contributed by atoms with Crippen LogP contribution in [0.3, 0.4) is 0 Å². The summed E-state index contributed by atoms with van der Waals surface area (Å²) in [6.45, 7) is 0.551. The highest BCUT2D eigenvalue weighted by Crippen LogP contribution is 2.24. The third-order valence-electron chi connectivity index (χ3n) is 3.66. The Balaban J connectivity index is 1.46. The Kier molecular flexibility index (Phi) is 7.21. The summed E-state index contributed by atoms with van der Waals surface area (Å²) < 4.78 is 19.6. The van der Waals surface area contributed by atoms with E-state index in [1.807, 2.05) is 30.3 Å². The first-order valence-electron chi connectivity index (χ1n) is 8.72. The fourth-order valence-electron chi connectivity index (χ4n) is 2.33. The Morgan fingerprint density at radius 2 is 2.00 bits per heavy atom. The molecule has 0 radical (unpaired) electrons. The summed E-state index contributed by atoms with van der Waals surface area (Å²) in [5, 5.41) is 2.81. The summed E-state index contributed by atoms with van der Waals surface area (Å²) >= 11 is 1.67. The quantitative estimate of drug-likeness (QED) is 0.334. The van der Waals surface area contributed by atoms with E-state index in [0.29, 0.717) is 17.9 Å². The van der Waals surface area contributed by atoms with Crippen molar-refractivity contribution in [3.05, 3.63) is 90.5 Å². The van der Waals surface area contributed by atoms with Crippen LogP contribution in [0.5, 0.6) is 11.5 Å². The second-order valence-electron chi connectivity index (χ2n) is 5.77. The summed E-state index contributed by atoms with van der Waals surface area (Å²) in [6, 6.07) is 17.9. The van der Waals surface area contributed by atoms with Gasteiger partial charge in [-0.25, -0.2) is 4.39 Å². The summed E-state index contributed by atoms with van der Waals surface area (Å²) in [6.07, 6.45) is 6.08. The van der Waals surface area contributed by atoms with Crippen molar-refractivity contribution in [2.45, 2.75) is 4.90 Å². The summed E-state index contributed by atoms with van der Waals surface area (Å²) in [4.78, 5) is 17.0. The van der Waals surface area contributed by atoms with E-state index in [1.54, 1.807) is 42.2 Å². The first-order valence-corrected chi connectivity index (χ1v) is 9.70. The van der Waals surface area contributed by atoms with Gasteiger partial charge in [0.2, 0.25) is 5.91 Å². The molecule has 3 rings (SSSR count). The number of nitrogens with one attached hydrogen (secondary N) is 1. The van der Waals surface area contributed by atoms with Gasteiger partial charge >= 0.3 is 0 Å². The van der Waals surface area contributed by atoms with Gasteiger partial charge in [-0.15, -0.1) is 11.8 Å². The molecule has 0 bridgehead atoms. The molecule has 0 aliphatic carbocycles. The standard InChI is InChI=1S/C22H19FN2O2S/c23-20-15-17(8-10-21(20)27-18-5-4-12-24-16-18)9-11-22(26)25-13-14-28-19-6-2-1-3-7-19/h1-12,15-16H,13-14H2,(H,25,26)/b11-9+. The van der Waals surface area contributed by atoms with Gasteiger partial charge in [0.25, 0.3) is 0 Å². The maximum atomic E-state index is 14.2. The number of benzene rings is 2. The molecule has 0 unspecified atom stereocenters. The molecule has 3 aromatic rings. The Labute approximate surface area is 167 Å². The number of ether oxygens (including phenoxy) is 1. The van der Waals surface area contributed by atoms with Gasteiger partial charge in [0, 0.05) is 29.5 Å². The minimum atomic E-state index is -0.509. The van der Waals surface area contributed by atoms with Crippen molar-refractivity contribution >= 4 is 23.7 Å². The van der Waals surface area contributed by atoms with Gasteiger partial charge < -0.3 is 10.1 Å². The summed E-state index contributed by atoms with van der Waals surface area (Å²) in [7, 11) is 0. The van der Waals surface area contributed by atoms with E-state index in [2.05, 4.69) is 10.3 Å². The normalized spacial score (nSPS) is 10.8. The number of amides is 1. The molecular formula is C22H19FN2O2S. The first kappa shape index (κ1) is 19.6. The molecule has 0 spiro atoms. The first-order chi connectivity index (χ1) is 13.7. The smallest absolute Gasteiger partial charge is 0.244 e. The molecule has 0 aliphatic rings. The zero-order valence-corrected chi connectivity index (χ0v) is 15.9. The van der Waals surface area contributed by atoms with Crippen molar-refractivity contribution in [3.63, 3.8) is 0 Å². The molecule has 6 heteroatoms. The molecule has 142 valence electrons. The Morgan fingerprint density at radius 1 is 1.14 bits per heavy atom. The molecule has 2 aromatic carbocycles. The van der Waals surface area contributed by atoms with Crippen LogP contribution in [0.2, 0.25) is 0 Å². The highest BCUT2D eigenvalue weighted by atomic mass is 32.2. The van der Waals surface area contributed by atoms with Crippen LogP contribution in [0.15, 0.2) is 84.0 Å². The Bertz CT molecular complexity index is 934. The van der Waals surface area contributed by atoms with E-state index in [-0.39, 0.29) is 11.7 Å². The lowest BCUT2D eigenvalue weighted by molar-refractivity contribution is -0.116. The maximum absolute atomic E-state index is 14.2. The number of carbonyl (C=O) groups is 1. The maximum Gasteiger partial charge on any atom is 0.244 e. The second-order valence-corrected chi connectivity index (χ2v) is 6.93. The number of nitrogens with zero attached hydrogens (tertiary/aromatic N) is 1. The Morgan fingerprint density at radius 3 is 2.75 bits per heavy atom. The minimum Gasteiger partial charge on any atom is -0.453 e. The minimum absolute atomic E-state index is 0.104. The zero-order chi connectivity index (χ0) is 19.6. The lowest BCUT2D eigenvalue weighted by Crippen LogP contribution is -2.23. The predicted octanol–water partition coefficient (Wildman–Crippen LogP) is 4.93. The molecular weight excluding hydrogens is 375 g/mol. The van der Waals surface area contributed by atoms with E-state index in [0.717, 1.165) is 10.6 Å². The summed E-state index contributed by atoms with van der Waals surface area (Å²) in [5.41, 5.74) is 0.574. The van der Waals surface area contributed by atoms with Crippen LogP contribution < -0.4 is 10.1 Å². The van der Waals surface area contributed by atoms with Crippen LogP contribution in [-0.2, 0) is 4.79 Å². The van der Waals surface area contributed by atoms with Gasteiger partial charge in [-0.3, -0.25) is 9.78 Å². The molecule has 0 saturated heterocycles. The molecule has 1 heterocycles. The molecule has 0 atom stereocenters. The number of thioether (sulfide) groups is 1. The number of hydrogen-bond donors (Lipinski definition) is 1. The van der Waals surface area contributed by atoms with E-state index < -0.39 is 5.82 Å². The number of carbonyl (C=O) groups excluding carboxylic acids is 1. The third-order valence-corrected chi connectivity index (χ3v) is 4.67. The largest absolute Gasteiger partial charge is 0.453 e. The van der Waals surface area contributed by atoms with Crippen molar-refractivity contribution in [2.24, 2.45) is 0 Å². The van der Waals surface area contributed by atoms with Crippen LogP contribution in [0.25, 0.3) is 6.08 Å². The molecule has 0 fully saturated rings. The van der Waals surface area contributed by atoms with Crippen LogP contribution in [0.4, 0.5) is 4.39 Å². The molecule has 1 N–H and O–H groups in total. The van der Waals surface area contributed by atoms with Crippen LogP contribution >= 0.6 is 11.8 Å². The second kappa shape index (κ2) is 10.3. The van der Waals surface area contributed by atoms with Crippen LogP contribution in [0.1, 0.15) is 5.56 Å². The predicted molar refractivity (Wildman–Crippen MR) is 110 cm³/mol. The van der Waals surface area contributed by atoms with E-state index in [9.17, 15) is 9.18 Å². The number of pyridine rings is 1. The average Bonchev–Trinajstić information content (AvgIpc) is 2.73. The van der Waals surface area contributed by atoms with Gasteiger partial charge in [0.15, 0.2) is 11.6 Å². The van der Waals surface area contributed by atoms with Gasteiger partial charge in [-0.1, -0.05) is 24.3 Å². The molecule has 0 aliphatic heterocycles. The van der Waals surface area contributed by atoms with Gasteiger partial charge in [-0.05, 0) is 48.0 Å². The topological polar surface area (TPSA) is 51.2 Å². The highest BCUT2D eigenvalue weighted by molar-refractivity contribution is 7.99. The summed E-state index contributed by atoms with van der Waals surface area (Å²) in [5.74, 6) is 0.610. The van der Waals surface area contributed by atoms with Gasteiger partial charge in [0.05, 0.1) is 6.20 Å². The van der Waals surface area contributed by atoms with Crippen molar-refractivity contribution in [1.29, 1.82) is 0 Å². The average molecular weight is 394 g/mol. The Hall–Kier alpha value is -3.12. The van der Waals surface area contributed by atoms with Crippen LogP contribution in [-0.4, -0.2) is 23.2 Å². The lowest BCUT2D eigenvalue weighted by Gasteiger charge is -2.06. The molecule has 1 amide bonds. The van der Waals surface area contributed by atoms with E-state index in [1.165, 1.54) is 24.4 Å². The lowest BCUT2D eigenvalue weighted by atomic mass is 10.2.